The Bertz CT molecular complexity index is 1300. The average Bonchev–Trinajstić information content (AvgIpc) is 3.20. The zero-order chi connectivity index (χ0) is 22.9. The van der Waals surface area contributed by atoms with Crippen LogP contribution in [0.1, 0.15) is 37.5 Å². The van der Waals surface area contributed by atoms with Crippen LogP contribution >= 0.6 is 11.3 Å². The summed E-state index contributed by atoms with van der Waals surface area (Å²) in [5.41, 5.74) is 7.62. The van der Waals surface area contributed by atoms with Crippen LogP contribution in [-0.4, -0.2) is 37.0 Å². The van der Waals surface area contributed by atoms with E-state index >= 15 is 0 Å². The highest BCUT2D eigenvalue weighted by Crippen LogP contribution is 2.34. The highest BCUT2D eigenvalue weighted by atomic mass is 32.1. The predicted octanol–water partition coefficient (Wildman–Crippen LogP) is 6.38. The number of hydrogen-bond acceptors (Lipinski definition) is 3. The van der Waals surface area contributed by atoms with Crippen molar-refractivity contribution in [2.45, 2.75) is 27.2 Å². The Hall–Kier alpha value is -3.11. The van der Waals surface area contributed by atoms with E-state index in [1.54, 1.807) is 11.3 Å². The van der Waals surface area contributed by atoms with Crippen LogP contribution in [0.3, 0.4) is 0 Å². The lowest BCUT2D eigenvalue weighted by Gasteiger charge is -2.37. The van der Waals surface area contributed by atoms with Crippen molar-refractivity contribution in [3.63, 3.8) is 0 Å². The number of piperazine rings is 1. The van der Waals surface area contributed by atoms with Crippen molar-refractivity contribution in [3.8, 4) is 0 Å². The van der Waals surface area contributed by atoms with Gasteiger partial charge in [-0.2, -0.15) is 0 Å². The lowest BCUT2D eigenvalue weighted by atomic mass is 10.0. The predicted molar refractivity (Wildman–Crippen MR) is 140 cm³/mol. The molecule has 1 saturated heterocycles. The van der Waals surface area contributed by atoms with Gasteiger partial charge < -0.3 is 9.80 Å². The van der Waals surface area contributed by atoms with Crippen molar-refractivity contribution in [2.24, 2.45) is 0 Å². The number of aryl methyl sites for hydroxylation is 2. The molecule has 0 atom stereocenters. The molecule has 1 fully saturated rings. The molecule has 1 aromatic heterocycles. The minimum Gasteiger partial charge on any atom is -0.368 e. The molecule has 1 aliphatic heterocycles. The van der Waals surface area contributed by atoms with Crippen molar-refractivity contribution >= 4 is 33.0 Å². The summed E-state index contributed by atoms with van der Waals surface area (Å²) < 4.78 is 1.19. The van der Waals surface area contributed by atoms with Gasteiger partial charge in [-0.15, -0.1) is 11.3 Å². The van der Waals surface area contributed by atoms with Crippen LogP contribution in [-0.2, 0) is 6.42 Å². The summed E-state index contributed by atoms with van der Waals surface area (Å²) in [6.45, 7) is 9.71. The second-order valence-corrected chi connectivity index (χ2v) is 10.1. The number of carbonyl (C=O) groups excluding carboxylic acids is 1. The van der Waals surface area contributed by atoms with Gasteiger partial charge in [-0.3, -0.25) is 4.79 Å². The van der Waals surface area contributed by atoms with Gasteiger partial charge in [-0.1, -0.05) is 60.2 Å². The van der Waals surface area contributed by atoms with Crippen molar-refractivity contribution in [3.05, 3.63) is 99.4 Å². The number of carbonyl (C=O) groups is 1. The van der Waals surface area contributed by atoms with Crippen LogP contribution in [0.4, 0.5) is 5.69 Å². The smallest absolute Gasteiger partial charge is 0.264 e. The zero-order valence-electron chi connectivity index (χ0n) is 19.6. The molecule has 33 heavy (non-hydrogen) atoms. The van der Waals surface area contributed by atoms with Gasteiger partial charge in [0, 0.05) is 36.6 Å². The van der Waals surface area contributed by atoms with Gasteiger partial charge in [-0.05, 0) is 67.0 Å². The fraction of sp³-hybridized carbons (Fsp3) is 0.276. The molecule has 0 aliphatic carbocycles. The Labute approximate surface area is 200 Å². The third-order valence-corrected chi connectivity index (χ3v) is 8.08. The molecule has 2 heterocycles. The van der Waals surface area contributed by atoms with Gasteiger partial charge >= 0.3 is 0 Å². The first-order valence-electron chi connectivity index (χ1n) is 11.7. The Balaban J connectivity index is 1.39. The third-order valence-electron chi connectivity index (χ3n) is 6.88. The molecule has 1 amide bonds. The van der Waals surface area contributed by atoms with Crippen LogP contribution in [0.5, 0.6) is 0 Å². The highest BCUT2D eigenvalue weighted by molar-refractivity contribution is 7.21. The maximum Gasteiger partial charge on any atom is 0.264 e. The normalized spacial score (nSPS) is 14.2. The summed E-state index contributed by atoms with van der Waals surface area (Å²) in [6, 6.07) is 23.6. The van der Waals surface area contributed by atoms with Gasteiger partial charge in [0.15, 0.2) is 0 Å². The molecule has 1 aliphatic rings. The standard InChI is InChI=1S/C29H30N2OS/c1-20-11-13-23(14-12-20)19-25-24-8-4-5-10-27(24)33-28(25)29(32)31-17-15-30(16-18-31)26-9-6-7-21(2)22(26)3/h4-14H,15-19H2,1-3H3. The van der Waals surface area contributed by atoms with Gasteiger partial charge in [0.25, 0.3) is 5.91 Å². The minimum absolute atomic E-state index is 0.180. The van der Waals surface area contributed by atoms with E-state index in [1.165, 1.54) is 43.6 Å². The topological polar surface area (TPSA) is 23.6 Å². The van der Waals surface area contributed by atoms with Gasteiger partial charge in [0.05, 0.1) is 4.88 Å². The zero-order valence-corrected chi connectivity index (χ0v) is 20.4. The average molecular weight is 455 g/mol. The second kappa shape index (κ2) is 9.03. The molecule has 4 aromatic rings. The summed E-state index contributed by atoms with van der Waals surface area (Å²) in [5.74, 6) is 0.180. The Morgan fingerprint density at radius 1 is 0.848 bits per heavy atom. The molecule has 0 bridgehead atoms. The van der Waals surface area contributed by atoms with E-state index in [4.69, 9.17) is 0 Å². The highest BCUT2D eigenvalue weighted by Gasteiger charge is 2.27. The Morgan fingerprint density at radius 2 is 1.58 bits per heavy atom. The molecule has 0 saturated carbocycles. The number of fused-ring (bicyclic) bond motifs is 1. The molecular formula is C29H30N2OS. The number of benzene rings is 3. The SMILES string of the molecule is Cc1ccc(Cc2c(C(=O)N3CCN(c4cccc(C)c4C)CC3)sc3ccccc23)cc1. The minimum atomic E-state index is 0.180. The third kappa shape index (κ3) is 4.28. The van der Waals surface area contributed by atoms with Crippen LogP contribution < -0.4 is 4.90 Å². The summed E-state index contributed by atoms with van der Waals surface area (Å²) in [6.07, 6.45) is 0.786. The van der Waals surface area contributed by atoms with Gasteiger partial charge in [0.2, 0.25) is 0 Å². The maximum atomic E-state index is 13.7. The molecule has 3 aromatic carbocycles. The van der Waals surface area contributed by atoms with E-state index in [2.05, 4.69) is 92.4 Å². The molecular weight excluding hydrogens is 424 g/mol. The van der Waals surface area contributed by atoms with Crippen molar-refractivity contribution in [1.82, 2.24) is 4.90 Å². The molecule has 0 unspecified atom stereocenters. The number of amides is 1. The molecule has 168 valence electrons. The number of nitrogens with zero attached hydrogens (tertiary/aromatic N) is 2. The number of hydrogen-bond donors (Lipinski definition) is 0. The first-order valence-corrected chi connectivity index (χ1v) is 12.5. The fourth-order valence-electron chi connectivity index (χ4n) is 4.73. The quantitative estimate of drug-likeness (QED) is 0.357. The van der Waals surface area contributed by atoms with Crippen LogP contribution in [0.2, 0.25) is 0 Å². The van der Waals surface area contributed by atoms with Crippen LogP contribution in [0.15, 0.2) is 66.7 Å². The first-order chi connectivity index (χ1) is 16.0. The number of rotatable bonds is 4. The van der Waals surface area contributed by atoms with E-state index in [9.17, 15) is 4.79 Å². The second-order valence-electron chi connectivity index (χ2n) is 9.07. The molecule has 0 radical (unpaired) electrons. The molecule has 5 rings (SSSR count). The number of anilines is 1. The van der Waals surface area contributed by atoms with Crippen molar-refractivity contribution in [2.75, 3.05) is 31.1 Å². The summed E-state index contributed by atoms with van der Waals surface area (Å²) in [4.78, 5) is 19.1. The Morgan fingerprint density at radius 3 is 2.33 bits per heavy atom. The maximum absolute atomic E-state index is 13.7. The molecule has 3 nitrogen and oxygen atoms in total. The number of thiophene rings is 1. The summed E-state index contributed by atoms with van der Waals surface area (Å²) in [5, 5.41) is 1.21. The van der Waals surface area contributed by atoms with Crippen molar-refractivity contribution < 1.29 is 4.79 Å². The Kier molecular flexibility index (Phi) is 5.94. The van der Waals surface area contributed by atoms with Crippen molar-refractivity contribution in [1.29, 1.82) is 0 Å². The van der Waals surface area contributed by atoms with Crippen LogP contribution in [0, 0.1) is 20.8 Å². The van der Waals surface area contributed by atoms with E-state index in [0.717, 1.165) is 37.5 Å². The van der Waals surface area contributed by atoms with E-state index in [0.29, 0.717) is 0 Å². The van der Waals surface area contributed by atoms with E-state index in [1.807, 2.05) is 4.90 Å². The summed E-state index contributed by atoms with van der Waals surface area (Å²) >= 11 is 1.64. The fourth-order valence-corrected chi connectivity index (χ4v) is 5.92. The molecule has 0 spiro atoms. The monoisotopic (exact) mass is 454 g/mol. The summed E-state index contributed by atoms with van der Waals surface area (Å²) in [7, 11) is 0. The first kappa shape index (κ1) is 21.7. The van der Waals surface area contributed by atoms with Crippen LogP contribution in [0.25, 0.3) is 10.1 Å². The van der Waals surface area contributed by atoms with E-state index < -0.39 is 0 Å². The lowest BCUT2D eigenvalue weighted by molar-refractivity contribution is 0.0751. The molecule has 4 heteroatoms. The largest absolute Gasteiger partial charge is 0.368 e. The lowest BCUT2D eigenvalue weighted by Crippen LogP contribution is -2.49. The van der Waals surface area contributed by atoms with Gasteiger partial charge in [0.1, 0.15) is 0 Å². The van der Waals surface area contributed by atoms with E-state index in [-0.39, 0.29) is 5.91 Å². The molecule has 0 N–H and O–H groups in total. The van der Waals surface area contributed by atoms with Gasteiger partial charge in [-0.25, -0.2) is 0 Å².